The van der Waals surface area contributed by atoms with Crippen LogP contribution in [-0.4, -0.2) is 24.1 Å². The van der Waals surface area contributed by atoms with E-state index in [1.54, 1.807) is 19.1 Å². The lowest BCUT2D eigenvalue weighted by molar-refractivity contribution is -0.142. The number of nitrogens with one attached hydrogen (secondary N) is 1. The molecule has 0 bridgehead atoms. The van der Waals surface area contributed by atoms with Crippen molar-refractivity contribution in [3.63, 3.8) is 0 Å². The molecule has 0 aliphatic carbocycles. The molecule has 1 amide bonds. The van der Waals surface area contributed by atoms with Gasteiger partial charge in [-0.3, -0.25) is 4.79 Å². The van der Waals surface area contributed by atoms with Crippen LogP contribution in [0.4, 0.5) is 8.78 Å². The number of benzene rings is 2. The van der Waals surface area contributed by atoms with Gasteiger partial charge in [-0.2, -0.15) is 0 Å². The second-order valence-corrected chi connectivity index (χ2v) is 5.89. The SMILES string of the molecule is COc1ccc(C(NC(=O)CC(C)c2ccc(F)cc2)C(=O)O)cc1F. The van der Waals surface area contributed by atoms with Crippen LogP contribution in [0.1, 0.15) is 36.4 Å². The van der Waals surface area contributed by atoms with Crippen molar-refractivity contribution in [1.29, 1.82) is 0 Å². The van der Waals surface area contributed by atoms with E-state index in [9.17, 15) is 23.5 Å². The summed E-state index contributed by atoms with van der Waals surface area (Å²) >= 11 is 0. The second kappa shape index (κ2) is 8.42. The van der Waals surface area contributed by atoms with Crippen LogP contribution in [0.2, 0.25) is 0 Å². The molecule has 2 rings (SSSR count). The van der Waals surface area contributed by atoms with E-state index in [1.807, 2.05) is 0 Å². The van der Waals surface area contributed by atoms with Crippen molar-refractivity contribution >= 4 is 11.9 Å². The average Bonchev–Trinajstić information content (AvgIpc) is 2.59. The number of hydrogen-bond acceptors (Lipinski definition) is 3. The van der Waals surface area contributed by atoms with Gasteiger partial charge < -0.3 is 15.2 Å². The Bertz CT molecular complexity index is 793. The number of carbonyl (C=O) groups is 2. The number of carboxylic acids is 1. The summed E-state index contributed by atoms with van der Waals surface area (Å²) in [6, 6.07) is 8.04. The number of halogens is 2. The van der Waals surface area contributed by atoms with Crippen molar-refractivity contribution in [3.8, 4) is 5.75 Å². The van der Waals surface area contributed by atoms with Gasteiger partial charge in [-0.25, -0.2) is 13.6 Å². The van der Waals surface area contributed by atoms with Gasteiger partial charge in [0.1, 0.15) is 5.82 Å². The first-order valence-corrected chi connectivity index (χ1v) is 7.93. The first-order valence-electron chi connectivity index (χ1n) is 7.93. The summed E-state index contributed by atoms with van der Waals surface area (Å²) in [5.41, 5.74) is 0.850. The van der Waals surface area contributed by atoms with Gasteiger partial charge >= 0.3 is 5.97 Å². The Kier molecular flexibility index (Phi) is 6.27. The largest absolute Gasteiger partial charge is 0.494 e. The Morgan fingerprint density at radius 2 is 1.73 bits per heavy atom. The van der Waals surface area contributed by atoms with Gasteiger partial charge in [0, 0.05) is 6.42 Å². The summed E-state index contributed by atoms with van der Waals surface area (Å²) in [6.45, 7) is 1.77. The minimum absolute atomic E-state index is 0.00799. The molecule has 138 valence electrons. The quantitative estimate of drug-likeness (QED) is 0.790. The lowest BCUT2D eigenvalue weighted by Crippen LogP contribution is -2.34. The highest BCUT2D eigenvalue weighted by Crippen LogP contribution is 2.23. The van der Waals surface area contributed by atoms with Crippen molar-refractivity contribution in [3.05, 3.63) is 65.2 Å². The standard InChI is InChI=1S/C19H19F2NO4/c1-11(12-3-6-14(20)7-4-12)9-17(23)22-18(19(24)25)13-5-8-16(26-2)15(21)10-13/h3-8,10-11,18H,9H2,1-2H3,(H,22,23)(H,24,25). The van der Waals surface area contributed by atoms with Gasteiger partial charge in [-0.15, -0.1) is 0 Å². The Morgan fingerprint density at radius 1 is 1.12 bits per heavy atom. The summed E-state index contributed by atoms with van der Waals surface area (Å²) in [4.78, 5) is 23.7. The smallest absolute Gasteiger partial charge is 0.330 e. The number of amides is 1. The molecule has 0 aliphatic rings. The molecular weight excluding hydrogens is 344 g/mol. The third kappa shape index (κ3) is 4.78. The molecule has 0 heterocycles. The Balaban J connectivity index is 2.09. The molecule has 5 nitrogen and oxygen atoms in total. The maximum absolute atomic E-state index is 13.8. The number of carbonyl (C=O) groups excluding carboxylic acids is 1. The van der Waals surface area contributed by atoms with Crippen molar-refractivity contribution in [2.45, 2.75) is 25.3 Å². The molecule has 7 heteroatoms. The first kappa shape index (κ1) is 19.4. The zero-order chi connectivity index (χ0) is 19.3. The molecule has 0 saturated carbocycles. The van der Waals surface area contributed by atoms with Gasteiger partial charge in [0.05, 0.1) is 7.11 Å². The number of rotatable bonds is 7. The fourth-order valence-corrected chi connectivity index (χ4v) is 2.56. The van der Waals surface area contributed by atoms with Crippen LogP contribution in [-0.2, 0) is 9.59 Å². The van der Waals surface area contributed by atoms with Crippen LogP contribution in [0.25, 0.3) is 0 Å². The highest BCUT2D eigenvalue weighted by atomic mass is 19.1. The number of carboxylic acid groups (broad SMARTS) is 1. The predicted molar refractivity (Wildman–Crippen MR) is 90.9 cm³/mol. The van der Waals surface area contributed by atoms with E-state index in [4.69, 9.17) is 4.74 Å². The van der Waals surface area contributed by atoms with Crippen LogP contribution >= 0.6 is 0 Å². The van der Waals surface area contributed by atoms with E-state index in [2.05, 4.69) is 5.32 Å². The van der Waals surface area contributed by atoms with E-state index in [0.717, 1.165) is 11.6 Å². The highest BCUT2D eigenvalue weighted by Gasteiger charge is 2.24. The molecule has 0 aliphatic heterocycles. The van der Waals surface area contributed by atoms with Crippen molar-refractivity contribution in [2.24, 2.45) is 0 Å². The molecule has 2 N–H and O–H groups in total. The normalized spacial score (nSPS) is 12.9. The Hall–Kier alpha value is -2.96. The number of aliphatic carboxylic acids is 1. The Labute approximate surface area is 149 Å². The molecule has 0 spiro atoms. The summed E-state index contributed by atoms with van der Waals surface area (Å²) in [5, 5.41) is 11.8. The molecule has 0 aromatic heterocycles. The number of hydrogen-bond donors (Lipinski definition) is 2. The first-order chi connectivity index (χ1) is 12.3. The van der Waals surface area contributed by atoms with Gasteiger partial charge in [-0.1, -0.05) is 25.1 Å². The molecule has 0 radical (unpaired) electrons. The number of methoxy groups -OCH3 is 1. The van der Waals surface area contributed by atoms with Crippen molar-refractivity contribution in [1.82, 2.24) is 5.32 Å². The molecule has 2 aromatic rings. The van der Waals surface area contributed by atoms with Crippen LogP contribution in [0.5, 0.6) is 5.75 Å². The van der Waals surface area contributed by atoms with Crippen LogP contribution in [0.3, 0.4) is 0 Å². The molecule has 0 fully saturated rings. The minimum Gasteiger partial charge on any atom is -0.494 e. The fraction of sp³-hybridized carbons (Fsp3) is 0.263. The van der Waals surface area contributed by atoms with Crippen molar-refractivity contribution < 1.29 is 28.2 Å². The molecule has 0 saturated heterocycles. The van der Waals surface area contributed by atoms with E-state index in [1.165, 1.54) is 31.4 Å². The maximum Gasteiger partial charge on any atom is 0.330 e. The van der Waals surface area contributed by atoms with E-state index in [-0.39, 0.29) is 29.5 Å². The summed E-state index contributed by atoms with van der Waals surface area (Å²) < 4.78 is 31.6. The summed E-state index contributed by atoms with van der Waals surface area (Å²) in [7, 11) is 1.30. The predicted octanol–water partition coefficient (Wildman–Crippen LogP) is 3.41. The third-order valence-electron chi connectivity index (χ3n) is 3.99. The lowest BCUT2D eigenvalue weighted by atomic mass is 9.97. The summed E-state index contributed by atoms with van der Waals surface area (Å²) in [5.74, 6) is -3.17. The fourth-order valence-electron chi connectivity index (χ4n) is 2.56. The average molecular weight is 363 g/mol. The van der Waals surface area contributed by atoms with E-state index < -0.39 is 23.7 Å². The zero-order valence-corrected chi connectivity index (χ0v) is 14.3. The molecule has 2 unspecified atom stereocenters. The van der Waals surface area contributed by atoms with Gasteiger partial charge in [0.15, 0.2) is 17.6 Å². The topological polar surface area (TPSA) is 75.6 Å². The second-order valence-electron chi connectivity index (χ2n) is 5.89. The zero-order valence-electron chi connectivity index (χ0n) is 14.3. The molecule has 26 heavy (non-hydrogen) atoms. The van der Waals surface area contributed by atoms with E-state index in [0.29, 0.717) is 0 Å². The van der Waals surface area contributed by atoms with Crippen LogP contribution < -0.4 is 10.1 Å². The maximum atomic E-state index is 13.8. The highest BCUT2D eigenvalue weighted by molar-refractivity contribution is 5.85. The monoisotopic (exact) mass is 363 g/mol. The van der Waals surface area contributed by atoms with Gasteiger partial charge in [-0.05, 0) is 41.3 Å². The number of ether oxygens (including phenoxy) is 1. The Morgan fingerprint density at radius 3 is 2.27 bits per heavy atom. The molecule has 2 atom stereocenters. The minimum atomic E-state index is -1.39. The summed E-state index contributed by atoms with van der Waals surface area (Å²) in [6.07, 6.45) is 0.00799. The van der Waals surface area contributed by atoms with Crippen LogP contribution in [0.15, 0.2) is 42.5 Å². The van der Waals surface area contributed by atoms with Gasteiger partial charge in [0.2, 0.25) is 5.91 Å². The molecular formula is C19H19F2NO4. The van der Waals surface area contributed by atoms with Crippen LogP contribution in [0, 0.1) is 11.6 Å². The lowest BCUT2D eigenvalue weighted by Gasteiger charge is -2.18. The van der Waals surface area contributed by atoms with Gasteiger partial charge in [0.25, 0.3) is 0 Å². The van der Waals surface area contributed by atoms with E-state index >= 15 is 0 Å². The van der Waals surface area contributed by atoms with Crippen molar-refractivity contribution in [2.75, 3.05) is 7.11 Å². The molecule has 2 aromatic carbocycles. The third-order valence-corrected chi connectivity index (χ3v) is 3.99.